The molecule has 0 saturated carbocycles. The molecule has 438 valence electrons. The van der Waals surface area contributed by atoms with Crippen LogP contribution in [-0.2, 0) is 21.7 Å². The highest BCUT2D eigenvalue weighted by atomic mass is 15.1. The minimum absolute atomic E-state index is 0.106. The van der Waals surface area contributed by atoms with E-state index in [9.17, 15) is 10.5 Å². The van der Waals surface area contributed by atoms with Crippen LogP contribution in [0.3, 0.4) is 0 Å². The summed E-state index contributed by atoms with van der Waals surface area (Å²) in [5.41, 5.74) is 20.4. The first-order chi connectivity index (χ1) is 42.9. The molecule has 0 amide bonds. The van der Waals surface area contributed by atoms with Crippen molar-refractivity contribution in [2.45, 2.75) is 105 Å². The predicted molar refractivity (Wildman–Crippen MR) is 372 cm³/mol. The largest absolute Gasteiger partial charge is 0.308 e. The number of nitrogens with zero attached hydrogens (tertiary/aromatic N) is 8. The maximum absolute atomic E-state index is 9.90. The Hall–Kier alpha value is -10.7. The summed E-state index contributed by atoms with van der Waals surface area (Å²) in [6, 6.07) is 76.8. The van der Waals surface area contributed by atoms with E-state index in [1.165, 1.54) is 22.3 Å². The van der Waals surface area contributed by atoms with Crippen molar-refractivity contribution in [3.05, 3.63) is 251 Å². The highest BCUT2D eigenvalue weighted by molar-refractivity contribution is 6.12. The minimum Gasteiger partial charge on any atom is -0.308 e. The van der Waals surface area contributed by atoms with Gasteiger partial charge in [-0.3, -0.25) is 0 Å². The van der Waals surface area contributed by atoms with Crippen molar-refractivity contribution in [3.63, 3.8) is 0 Å². The van der Waals surface area contributed by atoms with E-state index < -0.39 is 0 Å². The molecule has 0 aliphatic carbocycles. The fraction of sp³-hybridized carbons (Fsp3) is 0.195. The molecule has 0 radical (unpaired) electrons. The van der Waals surface area contributed by atoms with E-state index in [1.54, 1.807) is 0 Å². The molecule has 0 fully saturated rings. The molecule has 8 nitrogen and oxygen atoms in total. The number of benzene rings is 10. The Labute approximate surface area is 527 Å². The molecule has 3 aromatic heterocycles. The smallest absolute Gasteiger partial charge is 0.187 e. The first-order valence-electron chi connectivity index (χ1n) is 30.8. The van der Waals surface area contributed by atoms with Crippen molar-refractivity contribution in [3.8, 4) is 91.1 Å². The summed E-state index contributed by atoms with van der Waals surface area (Å²) < 4.78 is 4.77. The van der Waals surface area contributed by atoms with Crippen LogP contribution in [0.4, 0.5) is 5.69 Å². The Balaban J connectivity index is 1.14. The number of hydrogen-bond acceptors (Lipinski definition) is 5. The van der Waals surface area contributed by atoms with E-state index in [2.05, 4.69) is 237 Å². The summed E-state index contributed by atoms with van der Waals surface area (Å²) >= 11 is 0. The Kier molecular flexibility index (Phi) is 14.2. The zero-order valence-electron chi connectivity index (χ0n) is 53.2. The molecule has 13 aromatic rings. The van der Waals surface area contributed by atoms with Gasteiger partial charge >= 0.3 is 0 Å². The normalized spacial score (nSPS) is 12.2. The van der Waals surface area contributed by atoms with E-state index in [4.69, 9.17) is 21.5 Å². The molecule has 8 heteroatoms. The lowest BCUT2D eigenvalue weighted by atomic mass is 9.85. The molecule has 0 saturated heterocycles. The molecule has 0 aliphatic heterocycles. The number of fused-ring (bicyclic) bond motifs is 6. The van der Waals surface area contributed by atoms with E-state index in [-0.39, 0.29) is 21.7 Å². The van der Waals surface area contributed by atoms with E-state index in [0.717, 1.165) is 105 Å². The van der Waals surface area contributed by atoms with Gasteiger partial charge in [0.05, 0.1) is 63.3 Å². The van der Waals surface area contributed by atoms with Crippen LogP contribution in [0.25, 0.3) is 127 Å². The Bertz CT molecular complexity index is 4740. The Morgan fingerprint density at radius 2 is 0.644 bits per heavy atom. The zero-order chi connectivity index (χ0) is 63.2. The molecule has 0 N–H and O–H groups in total. The number of aromatic nitrogens is 5. The van der Waals surface area contributed by atoms with E-state index >= 15 is 0 Å². The van der Waals surface area contributed by atoms with Crippen LogP contribution in [0.1, 0.15) is 116 Å². The fourth-order valence-corrected chi connectivity index (χ4v) is 12.4. The fourth-order valence-electron chi connectivity index (χ4n) is 12.4. The van der Waals surface area contributed by atoms with Gasteiger partial charge in [0.1, 0.15) is 0 Å². The van der Waals surface area contributed by atoms with Gasteiger partial charge in [-0.25, -0.2) is 19.8 Å². The quantitative estimate of drug-likeness (QED) is 0.141. The third-order valence-corrected chi connectivity index (χ3v) is 17.7. The third kappa shape index (κ3) is 10.7. The second-order valence-electron chi connectivity index (χ2n) is 28.0. The molecule has 10 aromatic carbocycles. The lowest BCUT2D eigenvalue weighted by Crippen LogP contribution is -2.10. The van der Waals surface area contributed by atoms with Gasteiger partial charge in [-0.2, -0.15) is 10.5 Å². The van der Waals surface area contributed by atoms with Gasteiger partial charge < -0.3 is 9.13 Å². The molecule has 0 atom stereocenters. The average molecular weight is 1170 g/mol. The maximum Gasteiger partial charge on any atom is 0.187 e. The number of rotatable bonds is 8. The van der Waals surface area contributed by atoms with Gasteiger partial charge in [0, 0.05) is 38.2 Å². The lowest BCUT2D eigenvalue weighted by molar-refractivity contribution is 0.590. The second kappa shape index (κ2) is 21.8. The van der Waals surface area contributed by atoms with Gasteiger partial charge in [0.25, 0.3) is 0 Å². The van der Waals surface area contributed by atoms with Gasteiger partial charge in [-0.1, -0.05) is 186 Å². The highest BCUT2D eigenvalue weighted by Gasteiger charge is 2.28. The first kappa shape index (κ1) is 58.3. The van der Waals surface area contributed by atoms with Gasteiger partial charge in [-0.05, 0) is 180 Å². The maximum atomic E-state index is 9.90. The summed E-state index contributed by atoms with van der Waals surface area (Å²) in [6.45, 7) is 35.0. The summed E-state index contributed by atoms with van der Waals surface area (Å²) in [4.78, 5) is 20.7. The van der Waals surface area contributed by atoms with Crippen molar-refractivity contribution in [1.29, 1.82) is 10.5 Å². The van der Waals surface area contributed by atoms with Gasteiger partial charge in [0.2, 0.25) is 0 Å². The van der Waals surface area contributed by atoms with Gasteiger partial charge in [-0.15, -0.1) is 0 Å². The summed E-state index contributed by atoms with van der Waals surface area (Å²) in [7, 11) is 0. The summed E-state index contributed by atoms with van der Waals surface area (Å²) in [5, 5.41) is 24.3. The lowest BCUT2D eigenvalue weighted by Gasteiger charge is -2.20. The molecular weight excluding hydrogens is 1100 g/mol. The second-order valence-corrected chi connectivity index (χ2v) is 28.0. The van der Waals surface area contributed by atoms with Crippen molar-refractivity contribution >= 4 is 49.3 Å². The van der Waals surface area contributed by atoms with Crippen LogP contribution in [0.5, 0.6) is 0 Å². The predicted octanol–water partition coefficient (Wildman–Crippen LogP) is 21.6. The number of nitriles is 2. The van der Waals surface area contributed by atoms with Crippen molar-refractivity contribution in [1.82, 2.24) is 24.1 Å². The van der Waals surface area contributed by atoms with Crippen LogP contribution in [0.2, 0.25) is 0 Å². The third-order valence-electron chi connectivity index (χ3n) is 17.7. The van der Waals surface area contributed by atoms with Crippen molar-refractivity contribution in [2.75, 3.05) is 0 Å². The summed E-state index contributed by atoms with van der Waals surface area (Å²) in [6.07, 6.45) is 0. The monoisotopic (exact) mass is 1170 g/mol. The van der Waals surface area contributed by atoms with Crippen LogP contribution >= 0.6 is 0 Å². The zero-order valence-corrected chi connectivity index (χ0v) is 53.2. The SMILES string of the molecule is [C-]#[N+]c1ccc(-c2ccc(-c3nc(-c4cccc(-c5ccc(C#N)cc5)c4)nc(-c4ccc(-c5ccc(C#N)cc5)cc4-n4c5ccc(C(C)(C)C)cc5c5cc(C(C)(C)C)ccc54)n3)c(-n3c4ccc(C(C)(C)C)cc4c4cc(C(C)(C)C)ccc43)c2)cc1. The first-order valence-corrected chi connectivity index (χ1v) is 30.8. The van der Waals surface area contributed by atoms with Crippen molar-refractivity contribution < 1.29 is 0 Å². The molecule has 3 heterocycles. The van der Waals surface area contributed by atoms with Crippen LogP contribution < -0.4 is 0 Å². The molecular formula is C82H70N8. The Morgan fingerprint density at radius 3 is 0.978 bits per heavy atom. The molecule has 0 spiro atoms. The standard InChI is InChI=1S/C82H70N8/c1-79(2,3)59-29-37-70-66(44-59)67-45-60(80(4,5)6)30-38-71(67)89(70)74-42-56(53-23-19-51(49-84)20-24-53)27-35-64(74)77-86-76(58-16-14-15-55(41-58)52-21-17-50(48-83)18-22-52)87-78(88-77)65-36-28-57(54-25-33-63(85-13)34-26-54)43-75(65)90-72-39-31-61(81(7,8)9)46-68(72)69-47-62(82(10,11)12)32-40-73(69)90/h14-47H,1-12H3. The average Bonchev–Trinajstić information content (AvgIpc) is 1.59. The van der Waals surface area contributed by atoms with Crippen molar-refractivity contribution in [2.24, 2.45) is 0 Å². The Morgan fingerprint density at radius 1 is 0.333 bits per heavy atom. The molecule has 0 unspecified atom stereocenters. The van der Waals surface area contributed by atoms with Gasteiger partial charge in [0.15, 0.2) is 23.2 Å². The molecule has 0 bridgehead atoms. The number of hydrogen-bond donors (Lipinski definition) is 0. The van der Waals surface area contributed by atoms with E-state index in [1.807, 2.05) is 78.9 Å². The van der Waals surface area contributed by atoms with Crippen LogP contribution in [-0.4, -0.2) is 24.1 Å². The molecule has 13 rings (SSSR count). The van der Waals surface area contributed by atoms with Crippen LogP contribution in [0, 0.1) is 29.2 Å². The molecule has 0 aliphatic rings. The van der Waals surface area contributed by atoms with Crippen LogP contribution in [0.15, 0.2) is 206 Å². The summed E-state index contributed by atoms with van der Waals surface area (Å²) in [5.74, 6) is 1.44. The minimum atomic E-state index is -0.107. The van der Waals surface area contributed by atoms with E-state index in [0.29, 0.717) is 34.3 Å². The molecule has 90 heavy (non-hydrogen) atoms. The topological polar surface area (TPSA) is 100 Å². The highest BCUT2D eigenvalue weighted by Crippen LogP contribution is 2.45.